The Morgan fingerprint density at radius 3 is 2.53 bits per heavy atom. The Bertz CT molecular complexity index is 1110. The van der Waals surface area contributed by atoms with E-state index in [9.17, 15) is 0 Å². The number of piperidine rings is 1. The van der Waals surface area contributed by atoms with E-state index in [1.165, 1.54) is 0 Å². The number of pyridine rings is 2. The van der Waals surface area contributed by atoms with Crippen LogP contribution in [0.5, 0.6) is 5.75 Å². The van der Waals surface area contributed by atoms with E-state index in [0.717, 1.165) is 78.6 Å². The standard InChI is InChI=1S/C28H42N4O3Si/c1-6-15-34-26-18-23(20-35-24-9-13-31(2)14-10-24)30-28-27(26)25(22-7-11-29-12-8-22)19-32(28)21-33-16-17-36(3,4)5/h7-8,11-12,18-19,24H,6,9-10,13-17,20-21H2,1-5H3. The lowest BCUT2D eigenvalue weighted by atomic mass is 10.1. The maximum Gasteiger partial charge on any atom is 0.146 e. The molecule has 196 valence electrons. The van der Waals surface area contributed by atoms with E-state index in [0.29, 0.717) is 19.9 Å². The molecule has 0 atom stereocenters. The molecule has 0 spiro atoms. The van der Waals surface area contributed by atoms with Crippen molar-refractivity contribution in [3.8, 4) is 16.9 Å². The largest absolute Gasteiger partial charge is 0.493 e. The predicted molar refractivity (Wildman–Crippen MR) is 148 cm³/mol. The molecule has 0 bridgehead atoms. The highest BCUT2D eigenvalue weighted by molar-refractivity contribution is 6.76. The Morgan fingerprint density at radius 2 is 1.83 bits per heavy atom. The second-order valence-electron chi connectivity index (χ2n) is 11.1. The van der Waals surface area contributed by atoms with Crippen LogP contribution >= 0.6 is 0 Å². The molecule has 0 amide bonds. The quantitative estimate of drug-likeness (QED) is 0.226. The van der Waals surface area contributed by atoms with Gasteiger partial charge in [-0.2, -0.15) is 0 Å². The van der Waals surface area contributed by atoms with Gasteiger partial charge in [-0.25, -0.2) is 4.98 Å². The summed E-state index contributed by atoms with van der Waals surface area (Å²) in [6.45, 7) is 13.8. The first-order valence-corrected chi connectivity index (χ1v) is 17.0. The molecule has 3 aromatic heterocycles. The van der Waals surface area contributed by atoms with E-state index < -0.39 is 8.07 Å². The molecule has 1 fully saturated rings. The molecule has 0 saturated carbocycles. The summed E-state index contributed by atoms with van der Waals surface area (Å²) in [5, 5.41) is 1.02. The van der Waals surface area contributed by atoms with Gasteiger partial charge in [-0.05, 0) is 50.1 Å². The van der Waals surface area contributed by atoms with Crippen LogP contribution < -0.4 is 4.74 Å². The topological polar surface area (TPSA) is 61.6 Å². The van der Waals surface area contributed by atoms with Crippen molar-refractivity contribution in [2.75, 3.05) is 33.4 Å². The molecule has 0 N–H and O–H groups in total. The van der Waals surface area contributed by atoms with E-state index in [1.807, 2.05) is 24.5 Å². The number of ether oxygens (including phenoxy) is 3. The molecule has 3 aromatic rings. The molecule has 36 heavy (non-hydrogen) atoms. The molecule has 0 radical (unpaired) electrons. The van der Waals surface area contributed by atoms with Crippen LogP contribution in [0.3, 0.4) is 0 Å². The average Bonchev–Trinajstić information content (AvgIpc) is 3.23. The summed E-state index contributed by atoms with van der Waals surface area (Å²) in [5.74, 6) is 0.858. The lowest BCUT2D eigenvalue weighted by Crippen LogP contribution is -2.34. The normalized spacial score (nSPS) is 15.6. The monoisotopic (exact) mass is 510 g/mol. The van der Waals surface area contributed by atoms with Gasteiger partial charge >= 0.3 is 0 Å². The molecule has 1 aliphatic rings. The fraction of sp³-hybridized carbons (Fsp3) is 0.571. The zero-order valence-electron chi connectivity index (χ0n) is 22.6. The molecule has 8 heteroatoms. The maximum absolute atomic E-state index is 6.30. The van der Waals surface area contributed by atoms with Crippen molar-refractivity contribution in [2.24, 2.45) is 0 Å². The SMILES string of the molecule is CCCOc1cc(COC2CCN(C)CC2)nc2c1c(-c1ccncc1)cn2COCC[Si](C)(C)C. The van der Waals surface area contributed by atoms with Crippen LogP contribution in [0, 0.1) is 0 Å². The van der Waals surface area contributed by atoms with Crippen molar-refractivity contribution in [1.29, 1.82) is 0 Å². The molecule has 7 nitrogen and oxygen atoms in total. The predicted octanol–water partition coefficient (Wildman–Crippen LogP) is 5.81. The minimum atomic E-state index is -1.16. The van der Waals surface area contributed by atoms with Crippen LogP contribution in [0.4, 0.5) is 0 Å². The smallest absolute Gasteiger partial charge is 0.146 e. The third-order valence-electron chi connectivity index (χ3n) is 6.66. The van der Waals surface area contributed by atoms with E-state index in [-0.39, 0.29) is 6.10 Å². The minimum Gasteiger partial charge on any atom is -0.493 e. The summed E-state index contributed by atoms with van der Waals surface area (Å²) in [6.07, 6.45) is 9.14. The fourth-order valence-corrected chi connectivity index (χ4v) is 5.20. The van der Waals surface area contributed by atoms with Gasteiger partial charge in [0, 0.05) is 58.0 Å². The molecule has 4 rings (SSSR count). The van der Waals surface area contributed by atoms with E-state index in [2.05, 4.69) is 60.3 Å². The zero-order chi connectivity index (χ0) is 25.5. The van der Waals surface area contributed by atoms with E-state index in [1.54, 1.807) is 0 Å². The summed E-state index contributed by atoms with van der Waals surface area (Å²) in [6, 6.07) is 7.27. The van der Waals surface area contributed by atoms with E-state index >= 15 is 0 Å². The van der Waals surface area contributed by atoms with E-state index in [4.69, 9.17) is 19.2 Å². The highest BCUT2D eigenvalue weighted by atomic mass is 28.3. The first-order valence-electron chi connectivity index (χ1n) is 13.3. The number of hydrogen-bond acceptors (Lipinski definition) is 6. The second kappa shape index (κ2) is 12.3. The number of hydrogen-bond donors (Lipinski definition) is 0. The third kappa shape index (κ3) is 7.15. The van der Waals surface area contributed by atoms with Gasteiger partial charge < -0.3 is 23.7 Å². The minimum absolute atomic E-state index is 0.280. The van der Waals surface area contributed by atoms with Crippen LogP contribution in [0.2, 0.25) is 25.7 Å². The van der Waals surface area contributed by atoms with Crippen molar-refractivity contribution >= 4 is 19.1 Å². The highest BCUT2D eigenvalue weighted by Gasteiger charge is 2.21. The summed E-state index contributed by atoms with van der Waals surface area (Å²) in [7, 11) is 1.01. The number of rotatable bonds is 12. The average molecular weight is 511 g/mol. The Morgan fingerprint density at radius 1 is 1.08 bits per heavy atom. The lowest BCUT2D eigenvalue weighted by molar-refractivity contribution is 0.000735. The van der Waals surface area contributed by atoms with Gasteiger partial charge in [-0.3, -0.25) is 4.98 Å². The summed E-state index contributed by atoms with van der Waals surface area (Å²) < 4.78 is 20.9. The van der Waals surface area contributed by atoms with Crippen molar-refractivity contribution in [3.05, 3.63) is 42.5 Å². The van der Waals surface area contributed by atoms with Crippen molar-refractivity contribution in [2.45, 2.75) is 71.3 Å². The van der Waals surface area contributed by atoms with Gasteiger partial charge in [0.1, 0.15) is 18.1 Å². The molecule has 4 heterocycles. The molecule has 0 unspecified atom stereocenters. The van der Waals surface area contributed by atoms with Crippen LogP contribution in [-0.2, 0) is 22.8 Å². The number of fused-ring (bicyclic) bond motifs is 1. The Kier molecular flexibility index (Phi) is 9.17. The molecule has 1 aliphatic heterocycles. The highest BCUT2D eigenvalue weighted by Crippen LogP contribution is 2.37. The van der Waals surface area contributed by atoms with Gasteiger partial charge in [0.2, 0.25) is 0 Å². The van der Waals surface area contributed by atoms with Crippen molar-refractivity contribution in [1.82, 2.24) is 19.4 Å². The zero-order valence-corrected chi connectivity index (χ0v) is 23.6. The van der Waals surface area contributed by atoms with Crippen molar-refractivity contribution < 1.29 is 14.2 Å². The molecular weight excluding hydrogens is 468 g/mol. The van der Waals surface area contributed by atoms with Gasteiger partial charge in [-0.15, -0.1) is 0 Å². The molecular formula is C28H42N4O3Si. The van der Waals surface area contributed by atoms with Gasteiger partial charge in [0.25, 0.3) is 0 Å². The van der Waals surface area contributed by atoms with Crippen LogP contribution in [0.15, 0.2) is 36.8 Å². The first-order chi connectivity index (χ1) is 17.3. The first kappa shape index (κ1) is 26.8. The van der Waals surface area contributed by atoms with Crippen LogP contribution in [-0.4, -0.2) is 67.0 Å². The fourth-order valence-electron chi connectivity index (χ4n) is 4.45. The van der Waals surface area contributed by atoms with Gasteiger partial charge in [0.05, 0.1) is 30.4 Å². The van der Waals surface area contributed by atoms with Gasteiger partial charge in [0.15, 0.2) is 0 Å². The molecule has 1 saturated heterocycles. The van der Waals surface area contributed by atoms with Crippen molar-refractivity contribution in [3.63, 3.8) is 0 Å². The number of likely N-dealkylation sites (tertiary alicyclic amines) is 1. The summed E-state index contributed by atoms with van der Waals surface area (Å²) >= 11 is 0. The van der Waals surface area contributed by atoms with Gasteiger partial charge in [-0.1, -0.05) is 26.6 Å². The summed E-state index contributed by atoms with van der Waals surface area (Å²) in [4.78, 5) is 11.6. The number of nitrogens with zero attached hydrogens (tertiary/aromatic N) is 4. The maximum atomic E-state index is 6.30. The Balaban J connectivity index is 1.66. The Labute approximate surface area is 216 Å². The third-order valence-corrected chi connectivity index (χ3v) is 8.36. The summed E-state index contributed by atoms with van der Waals surface area (Å²) in [5.41, 5.74) is 3.96. The second-order valence-corrected chi connectivity index (χ2v) is 16.7. The lowest BCUT2D eigenvalue weighted by Gasteiger charge is -2.28. The van der Waals surface area contributed by atoms with Crippen LogP contribution in [0.25, 0.3) is 22.2 Å². The number of aromatic nitrogens is 3. The van der Waals surface area contributed by atoms with Crippen LogP contribution in [0.1, 0.15) is 31.9 Å². The molecule has 0 aromatic carbocycles. The molecule has 0 aliphatic carbocycles. The Hall–Kier alpha value is -2.26.